The van der Waals surface area contributed by atoms with Crippen LogP contribution in [-0.4, -0.2) is 36.6 Å². The smallest absolute Gasteiger partial charge is 0.311 e. The monoisotopic (exact) mass is 462 g/mol. The number of hydrogen-bond donors (Lipinski definition) is 0. The van der Waals surface area contributed by atoms with E-state index in [-0.39, 0.29) is 52.5 Å². The van der Waals surface area contributed by atoms with Crippen molar-refractivity contribution >= 4 is 17.9 Å². The summed E-state index contributed by atoms with van der Waals surface area (Å²) in [6.45, 7) is 10.3. The van der Waals surface area contributed by atoms with E-state index < -0.39 is 24.0 Å². The third-order valence-corrected chi connectivity index (χ3v) is 9.82. The Bertz CT molecular complexity index is 852. The zero-order chi connectivity index (χ0) is 23.8. The molecule has 0 bridgehead atoms. The first kappa shape index (κ1) is 23.1. The molecule has 0 aromatic rings. The summed E-state index contributed by atoms with van der Waals surface area (Å²) >= 11 is 0. The summed E-state index contributed by atoms with van der Waals surface area (Å²) in [5, 5.41) is 0. The van der Waals surface area contributed by atoms with Crippen molar-refractivity contribution in [1.82, 2.24) is 0 Å². The van der Waals surface area contributed by atoms with Crippen LogP contribution in [0.25, 0.3) is 0 Å². The van der Waals surface area contributed by atoms with Crippen molar-refractivity contribution in [2.24, 2.45) is 39.9 Å². The normalized spacial score (nSPS) is 47.1. The molecule has 0 amide bonds. The van der Waals surface area contributed by atoms with Crippen molar-refractivity contribution in [2.75, 3.05) is 0 Å². The largest absolute Gasteiger partial charge is 0.462 e. The van der Waals surface area contributed by atoms with Crippen molar-refractivity contribution in [3.8, 4) is 0 Å². The molecule has 1 unspecified atom stereocenters. The maximum Gasteiger partial charge on any atom is 0.311 e. The minimum Gasteiger partial charge on any atom is -0.462 e. The van der Waals surface area contributed by atoms with Gasteiger partial charge in [0.25, 0.3) is 0 Å². The SMILES string of the molecule is CCCC(=O)O[C@H]1C[C@]23[C@@H](OC(C)=O)OC4OC(=O)[C@H](CC[C@@H]2[C@@]2(C)CCCC(C)(C)[C@H]12)[C@@H]43. The van der Waals surface area contributed by atoms with Crippen LogP contribution < -0.4 is 0 Å². The van der Waals surface area contributed by atoms with E-state index in [1.807, 2.05) is 6.92 Å². The fourth-order valence-electron chi connectivity index (χ4n) is 9.13. The van der Waals surface area contributed by atoms with Crippen LogP contribution in [0.3, 0.4) is 0 Å². The van der Waals surface area contributed by atoms with E-state index in [0.717, 1.165) is 38.5 Å². The molecule has 0 aromatic carbocycles. The third-order valence-electron chi connectivity index (χ3n) is 9.82. The zero-order valence-electron chi connectivity index (χ0n) is 20.6. The summed E-state index contributed by atoms with van der Waals surface area (Å²) in [5.41, 5.74) is -0.702. The van der Waals surface area contributed by atoms with Crippen molar-refractivity contribution in [3.05, 3.63) is 0 Å². The molecule has 5 fully saturated rings. The fourth-order valence-corrected chi connectivity index (χ4v) is 9.13. The lowest BCUT2D eigenvalue weighted by atomic mass is 9.38. The minimum atomic E-state index is -0.791. The van der Waals surface area contributed by atoms with Crippen LogP contribution in [0.2, 0.25) is 0 Å². The summed E-state index contributed by atoms with van der Waals surface area (Å²) in [7, 11) is 0. The van der Waals surface area contributed by atoms with Gasteiger partial charge in [0, 0.05) is 30.6 Å². The highest BCUT2D eigenvalue weighted by Crippen LogP contribution is 2.74. The number of carbonyl (C=O) groups is 3. The molecule has 184 valence electrons. The third kappa shape index (κ3) is 3.20. The average Bonchev–Trinajstić information content (AvgIpc) is 3.17. The molecule has 7 nitrogen and oxygen atoms in total. The molecule has 5 rings (SSSR count). The highest BCUT2D eigenvalue weighted by molar-refractivity contribution is 5.76. The Hall–Kier alpha value is -1.63. The molecule has 2 heterocycles. The lowest BCUT2D eigenvalue weighted by Crippen LogP contribution is -2.67. The van der Waals surface area contributed by atoms with Crippen molar-refractivity contribution in [1.29, 1.82) is 0 Å². The number of fused-ring (bicyclic) bond motifs is 2. The second kappa shape index (κ2) is 7.69. The van der Waals surface area contributed by atoms with Crippen LogP contribution in [0, 0.1) is 39.9 Å². The summed E-state index contributed by atoms with van der Waals surface area (Å²) < 4.78 is 23.9. The molecule has 9 atom stereocenters. The van der Waals surface area contributed by atoms with Crippen LogP contribution in [-0.2, 0) is 33.3 Å². The summed E-state index contributed by atoms with van der Waals surface area (Å²) in [6.07, 6.45) is 4.73. The molecule has 0 aromatic heterocycles. The van der Waals surface area contributed by atoms with Gasteiger partial charge >= 0.3 is 17.9 Å². The number of hydrogen-bond acceptors (Lipinski definition) is 7. The quantitative estimate of drug-likeness (QED) is 0.453. The van der Waals surface area contributed by atoms with E-state index in [4.69, 9.17) is 18.9 Å². The Labute approximate surface area is 196 Å². The molecule has 33 heavy (non-hydrogen) atoms. The lowest BCUT2D eigenvalue weighted by molar-refractivity contribution is -0.273. The molecule has 0 radical (unpaired) electrons. The van der Waals surface area contributed by atoms with Gasteiger partial charge in [0.05, 0.1) is 5.92 Å². The van der Waals surface area contributed by atoms with Gasteiger partial charge in [-0.2, -0.15) is 0 Å². The predicted octanol–water partition coefficient (Wildman–Crippen LogP) is 4.37. The second-order valence-corrected chi connectivity index (χ2v) is 12.1. The first-order chi connectivity index (χ1) is 15.5. The minimum absolute atomic E-state index is 0.0143. The molecule has 2 saturated heterocycles. The number of rotatable bonds is 4. The Morgan fingerprint density at radius 2 is 1.88 bits per heavy atom. The maximum atomic E-state index is 12.8. The summed E-state index contributed by atoms with van der Waals surface area (Å²) in [4.78, 5) is 37.6. The molecule has 7 heteroatoms. The van der Waals surface area contributed by atoms with Gasteiger partial charge in [-0.1, -0.05) is 34.1 Å². The topological polar surface area (TPSA) is 88.1 Å². The van der Waals surface area contributed by atoms with E-state index in [2.05, 4.69) is 20.8 Å². The molecule has 0 N–H and O–H groups in total. The molecule has 2 aliphatic heterocycles. The Balaban J connectivity index is 1.64. The van der Waals surface area contributed by atoms with Gasteiger partial charge in [-0.3, -0.25) is 14.4 Å². The molecule has 5 aliphatic rings. The van der Waals surface area contributed by atoms with Gasteiger partial charge in [0.1, 0.15) is 6.10 Å². The maximum absolute atomic E-state index is 12.8. The predicted molar refractivity (Wildman–Crippen MR) is 117 cm³/mol. The first-order valence-corrected chi connectivity index (χ1v) is 12.8. The van der Waals surface area contributed by atoms with Crippen LogP contribution >= 0.6 is 0 Å². The Morgan fingerprint density at radius 1 is 1.12 bits per heavy atom. The highest BCUT2D eigenvalue weighted by Gasteiger charge is 2.77. The first-order valence-electron chi connectivity index (χ1n) is 12.8. The summed E-state index contributed by atoms with van der Waals surface area (Å²) in [6, 6.07) is 0. The summed E-state index contributed by atoms with van der Waals surface area (Å²) in [5.74, 6) is -0.828. The molecule has 3 saturated carbocycles. The molecule has 3 aliphatic carbocycles. The van der Waals surface area contributed by atoms with Crippen LogP contribution in [0.1, 0.15) is 86.0 Å². The lowest BCUT2D eigenvalue weighted by Gasteiger charge is -2.67. The van der Waals surface area contributed by atoms with Crippen molar-refractivity contribution < 1.29 is 33.3 Å². The van der Waals surface area contributed by atoms with Gasteiger partial charge in [-0.05, 0) is 55.3 Å². The van der Waals surface area contributed by atoms with Crippen molar-refractivity contribution in [3.63, 3.8) is 0 Å². The van der Waals surface area contributed by atoms with Gasteiger partial charge in [0.15, 0.2) is 0 Å². The number of carbonyl (C=O) groups excluding carboxylic acids is 3. The number of esters is 3. The fraction of sp³-hybridized carbons (Fsp3) is 0.885. The van der Waals surface area contributed by atoms with E-state index in [9.17, 15) is 14.4 Å². The van der Waals surface area contributed by atoms with E-state index >= 15 is 0 Å². The molecular formula is C26H38O7. The Morgan fingerprint density at radius 3 is 2.58 bits per heavy atom. The zero-order valence-corrected chi connectivity index (χ0v) is 20.6. The van der Waals surface area contributed by atoms with Crippen LogP contribution in [0.4, 0.5) is 0 Å². The highest BCUT2D eigenvalue weighted by atomic mass is 16.8. The molecular weight excluding hydrogens is 424 g/mol. The second-order valence-electron chi connectivity index (χ2n) is 12.1. The average molecular weight is 463 g/mol. The van der Waals surface area contributed by atoms with Crippen LogP contribution in [0.5, 0.6) is 0 Å². The van der Waals surface area contributed by atoms with Gasteiger partial charge in [-0.25, -0.2) is 0 Å². The number of ether oxygens (including phenoxy) is 4. The van der Waals surface area contributed by atoms with E-state index in [1.165, 1.54) is 6.92 Å². The van der Waals surface area contributed by atoms with E-state index in [0.29, 0.717) is 12.8 Å². The van der Waals surface area contributed by atoms with E-state index in [1.54, 1.807) is 0 Å². The van der Waals surface area contributed by atoms with Crippen molar-refractivity contribution in [2.45, 2.75) is 105 Å². The van der Waals surface area contributed by atoms with Gasteiger partial charge in [-0.15, -0.1) is 0 Å². The van der Waals surface area contributed by atoms with Gasteiger partial charge in [0.2, 0.25) is 12.6 Å². The molecule has 1 spiro atoms. The van der Waals surface area contributed by atoms with Gasteiger partial charge < -0.3 is 18.9 Å². The van der Waals surface area contributed by atoms with Crippen LogP contribution in [0.15, 0.2) is 0 Å². The Kier molecular flexibility index (Phi) is 5.39. The standard InChI is InChI=1S/C26H38O7/c1-6-8-18(28)31-16-13-26-17(25(5)12-7-11-24(3,4)20(16)25)10-9-15-19(26)22(32-21(15)29)33-23(26)30-14(2)27/h15-17,19-20,22-23H,6-13H2,1-5H3/t15-,16+,17-,19+,20+,22?,23+,25-,26+/m1/s1.